The molecule has 0 aromatic heterocycles. The lowest BCUT2D eigenvalue weighted by Crippen LogP contribution is -2.04. The average Bonchev–Trinajstić information content (AvgIpc) is 2.47. The number of carbonyl (C=O) groups is 1. The van der Waals surface area contributed by atoms with Crippen molar-refractivity contribution in [2.75, 3.05) is 19.5 Å². The number of nitrogens with two attached hydrogens (primary N) is 1. The van der Waals surface area contributed by atoms with Gasteiger partial charge in [-0.1, -0.05) is 12.1 Å². The SMILES string of the molecule is CCOc1cc(C(=O)c2cccc(N)c2)ccc1OC. The number of anilines is 1. The predicted octanol–water partition coefficient (Wildman–Crippen LogP) is 2.91. The molecule has 0 aliphatic carbocycles. The first-order valence-electron chi connectivity index (χ1n) is 6.36. The number of benzene rings is 2. The molecule has 2 aromatic rings. The van der Waals surface area contributed by atoms with Crippen LogP contribution in [-0.2, 0) is 0 Å². The number of methoxy groups -OCH3 is 1. The van der Waals surface area contributed by atoms with E-state index in [1.54, 1.807) is 49.6 Å². The topological polar surface area (TPSA) is 61.5 Å². The van der Waals surface area contributed by atoms with Crippen LogP contribution < -0.4 is 15.2 Å². The third kappa shape index (κ3) is 2.91. The summed E-state index contributed by atoms with van der Waals surface area (Å²) >= 11 is 0. The Morgan fingerprint density at radius 1 is 1.10 bits per heavy atom. The maximum absolute atomic E-state index is 12.4. The van der Waals surface area contributed by atoms with Gasteiger partial charge in [0.25, 0.3) is 0 Å². The molecule has 2 aromatic carbocycles. The van der Waals surface area contributed by atoms with Crippen molar-refractivity contribution in [1.82, 2.24) is 0 Å². The Balaban J connectivity index is 2.37. The molecule has 4 heteroatoms. The Morgan fingerprint density at radius 2 is 1.85 bits per heavy atom. The molecule has 0 bridgehead atoms. The van der Waals surface area contributed by atoms with E-state index < -0.39 is 0 Å². The molecule has 0 aliphatic heterocycles. The minimum atomic E-state index is -0.0964. The number of ketones is 1. The summed E-state index contributed by atoms with van der Waals surface area (Å²) in [4.78, 5) is 12.4. The molecule has 2 rings (SSSR count). The van der Waals surface area contributed by atoms with E-state index in [1.165, 1.54) is 0 Å². The highest BCUT2D eigenvalue weighted by molar-refractivity contribution is 6.09. The van der Waals surface area contributed by atoms with E-state index in [2.05, 4.69) is 0 Å². The van der Waals surface area contributed by atoms with E-state index in [0.29, 0.717) is 34.9 Å². The number of ether oxygens (including phenoxy) is 2. The molecule has 0 amide bonds. The van der Waals surface area contributed by atoms with Gasteiger partial charge in [-0.05, 0) is 37.3 Å². The van der Waals surface area contributed by atoms with Crippen LogP contribution in [0.5, 0.6) is 11.5 Å². The van der Waals surface area contributed by atoms with Gasteiger partial charge in [-0.25, -0.2) is 0 Å². The van der Waals surface area contributed by atoms with E-state index in [4.69, 9.17) is 15.2 Å². The van der Waals surface area contributed by atoms with Crippen LogP contribution in [0.2, 0.25) is 0 Å². The fourth-order valence-electron chi connectivity index (χ4n) is 1.93. The quantitative estimate of drug-likeness (QED) is 0.671. The van der Waals surface area contributed by atoms with E-state index in [-0.39, 0.29) is 5.78 Å². The lowest BCUT2D eigenvalue weighted by Gasteiger charge is -2.10. The summed E-state index contributed by atoms with van der Waals surface area (Å²) < 4.78 is 10.7. The summed E-state index contributed by atoms with van der Waals surface area (Å²) in [5.74, 6) is 1.07. The van der Waals surface area contributed by atoms with Crippen LogP contribution in [0.4, 0.5) is 5.69 Å². The number of carbonyl (C=O) groups excluding carboxylic acids is 1. The summed E-state index contributed by atoms with van der Waals surface area (Å²) in [6.45, 7) is 2.39. The molecule has 0 radical (unpaired) electrons. The van der Waals surface area contributed by atoms with Crippen molar-refractivity contribution in [1.29, 1.82) is 0 Å². The standard InChI is InChI=1S/C16H17NO3/c1-3-20-15-10-12(7-8-14(15)19-2)16(18)11-5-4-6-13(17)9-11/h4-10H,3,17H2,1-2H3. The molecule has 20 heavy (non-hydrogen) atoms. The molecule has 0 unspecified atom stereocenters. The van der Waals surface area contributed by atoms with Crippen LogP contribution in [0.3, 0.4) is 0 Å². The third-order valence-corrected chi connectivity index (χ3v) is 2.87. The zero-order chi connectivity index (χ0) is 14.5. The highest BCUT2D eigenvalue weighted by Crippen LogP contribution is 2.29. The van der Waals surface area contributed by atoms with Gasteiger partial charge in [0.1, 0.15) is 0 Å². The van der Waals surface area contributed by atoms with Crippen LogP contribution in [0, 0.1) is 0 Å². The number of nitrogen functional groups attached to an aromatic ring is 1. The molecule has 104 valence electrons. The average molecular weight is 271 g/mol. The Hall–Kier alpha value is -2.49. The Labute approximate surface area is 118 Å². The first-order valence-corrected chi connectivity index (χ1v) is 6.36. The van der Waals surface area contributed by atoms with Crippen molar-refractivity contribution in [3.8, 4) is 11.5 Å². The summed E-state index contributed by atoms with van der Waals surface area (Å²) in [6.07, 6.45) is 0. The summed E-state index contributed by atoms with van der Waals surface area (Å²) in [6, 6.07) is 12.0. The Bertz CT molecular complexity index is 623. The van der Waals surface area contributed by atoms with Crippen LogP contribution in [-0.4, -0.2) is 19.5 Å². The minimum Gasteiger partial charge on any atom is -0.493 e. The molecule has 0 saturated heterocycles. The van der Waals surface area contributed by atoms with E-state index >= 15 is 0 Å². The third-order valence-electron chi connectivity index (χ3n) is 2.87. The molecular weight excluding hydrogens is 254 g/mol. The van der Waals surface area contributed by atoms with E-state index in [9.17, 15) is 4.79 Å². The van der Waals surface area contributed by atoms with Gasteiger partial charge in [0.2, 0.25) is 0 Å². The van der Waals surface area contributed by atoms with Crippen LogP contribution >= 0.6 is 0 Å². The van der Waals surface area contributed by atoms with Gasteiger partial charge in [0, 0.05) is 16.8 Å². The van der Waals surface area contributed by atoms with Crippen molar-refractivity contribution in [3.05, 3.63) is 53.6 Å². The molecule has 0 aliphatic rings. The van der Waals surface area contributed by atoms with Crippen LogP contribution in [0.25, 0.3) is 0 Å². The minimum absolute atomic E-state index is 0.0964. The highest BCUT2D eigenvalue weighted by Gasteiger charge is 2.13. The normalized spacial score (nSPS) is 10.1. The second-order valence-corrected chi connectivity index (χ2v) is 4.25. The van der Waals surface area contributed by atoms with Gasteiger partial charge in [-0.15, -0.1) is 0 Å². The largest absolute Gasteiger partial charge is 0.493 e. The molecule has 4 nitrogen and oxygen atoms in total. The van der Waals surface area contributed by atoms with E-state index in [1.807, 2.05) is 6.92 Å². The lowest BCUT2D eigenvalue weighted by atomic mass is 10.0. The number of hydrogen-bond donors (Lipinski definition) is 1. The smallest absolute Gasteiger partial charge is 0.193 e. The number of hydrogen-bond acceptors (Lipinski definition) is 4. The van der Waals surface area contributed by atoms with Crippen molar-refractivity contribution >= 4 is 11.5 Å². The first-order chi connectivity index (χ1) is 9.65. The Morgan fingerprint density at radius 3 is 2.50 bits per heavy atom. The summed E-state index contributed by atoms with van der Waals surface area (Å²) in [5.41, 5.74) is 7.36. The predicted molar refractivity (Wildman–Crippen MR) is 78.4 cm³/mol. The lowest BCUT2D eigenvalue weighted by molar-refractivity contribution is 0.103. The second kappa shape index (κ2) is 6.10. The second-order valence-electron chi connectivity index (χ2n) is 4.25. The molecular formula is C16H17NO3. The first kappa shape index (κ1) is 13.9. The molecule has 0 saturated carbocycles. The van der Waals surface area contributed by atoms with Crippen LogP contribution in [0.15, 0.2) is 42.5 Å². The van der Waals surface area contributed by atoms with Crippen LogP contribution in [0.1, 0.15) is 22.8 Å². The molecule has 0 spiro atoms. The molecule has 2 N–H and O–H groups in total. The molecule has 0 fully saturated rings. The van der Waals surface area contributed by atoms with Crippen molar-refractivity contribution in [2.45, 2.75) is 6.92 Å². The van der Waals surface area contributed by atoms with Gasteiger partial charge < -0.3 is 15.2 Å². The maximum Gasteiger partial charge on any atom is 0.193 e. The Kier molecular flexibility index (Phi) is 4.25. The fourth-order valence-corrected chi connectivity index (χ4v) is 1.93. The van der Waals surface area contributed by atoms with Gasteiger partial charge in [-0.2, -0.15) is 0 Å². The maximum atomic E-state index is 12.4. The highest BCUT2D eigenvalue weighted by atomic mass is 16.5. The van der Waals surface area contributed by atoms with Crippen molar-refractivity contribution < 1.29 is 14.3 Å². The summed E-state index contributed by atoms with van der Waals surface area (Å²) in [5, 5.41) is 0. The zero-order valence-electron chi connectivity index (χ0n) is 11.6. The van der Waals surface area contributed by atoms with Gasteiger partial charge in [0.15, 0.2) is 17.3 Å². The fraction of sp³-hybridized carbons (Fsp3) is 0.188. The van der Waals surface area contributed by atoms with Gasteiger partial charge >= 0.3 is 0 Å². The van der Waals surface area contributed by atoms with Crippen molar-refractivity contribution in [2.24, 2.45) is 0 Å². The van der Waals surface area contributed by atoms with Gasteiger partial charge in [-0.3, -0.25) is 4.79 Å². The summed E-state index contributed by atoms with van der Waals surface area (Å²) in [7, 11) is 1.57. The van der Waals surface area contributed by atoms with E-state index in [0.717, 1.165) is 0 Å². The number of rotatable bonds is 5. The molecule has 0 atom stereocenters. The zero-order valence-corrected chi connectivity index (χ0v) is 11.6. The molecule has 0 heterocycles. The monoisotopic (exact) mass is 271 g/mol. The van der Waals surface area contributed by atoms with Gasteiger partial charge in [0.05, 0.1) is 13.7 Å². The van der Waals surface area contributed by atoms with Crippen molar-refractivity contribution in [3.63, 3.8) is 0 Å².